The van der Waals surface area contributed by atoms with Crippen LogP contribution in [0.25, 0.3) is 0 Å². The van der Waals surface area contributed by atoms with E-state index in [4.69, 9.17) is 0 Å². The molecule has 0 spiro atoms. The Labute approximate surface area is 106 Å². The molecule has 1 atom stereocenters. The highest BCUT2D eigenvalue weighted by molar-refractivity contribution is 7.10. The van der Waals surface area contributed by atoms with Crippen LogP contribution in [0.1, 0.15) is 23.4 Å². The summed E-state index contributed by atoms with van der Waals surface area (Å²) in [7, 11) is 0. The van der Waals surface area contributed by atoms with Gasteiger partial charge in [0.15, 0.2) is 0 Å². The quantitative estimate of drug-likeness (QED) is 0.829. The zero-order chi connectivity index (χ0) is 12.3. The summed E-state index contributed by atoms with van der Waals surface area (Å²) in [6.45, 7) is 7.75. The summed E-state index contributed by atoms with van der Waals surface area (Å²) >= 11 is 1.82. The van der Waals surface area contributed by atoms with Crippen molar-refractivity contribution in [1.29, 1.82) is 0 Å². The van der Waals surface area contributed by atoms with Crippen LogP contribution < -0.4 is 5.32 Å². The second kappa shape index (κ2) is 5.47. The lowest BCUT2D eigenvalue weighted by Gasteiger charge is -2.32. The molecule has 17 heavy (non-hydrogen) atoms. The van der Waals surface area contributed by atoms with Gasteiger partial charge in [0, 0.05) is 24.0 Å². The molecule has 0 radical (unpaired) electrons. The van der Waals surface area contributed by atoms with E-state index in [0.717, 1.165) is 13.0 Å². The lowest BCUT2D eigenvalue weighted by Crippen LogP contribution is -2.41. The number of hydrogen-bond acceptors (Lipinski definition) is 3. The van der Waals surface area contributed by atoms with Crippen LogP contribution in [0.4, 0.5) is 0 Å². The number of nitrogens with zero attached hydrogens (tertiary/aromatic N) is 1. The maximum Gasteiger partial charge on any atom is 0.234 e. The SMILES string of the molecule is C=CCNC(=O)CN1CCc2sccc2[C@H]1C. The zero-order valence-electron chi connectivity index (χ0n) is 10.1. The van der Waals surface area contributed by atoms with Crippen molar-refractivity contribution >= 4 is 17.2 Å². The summed E-state index contributed by atoms with van der Waals surface area (Å²) in [5.74, 6) is 0.0791. The van der Waals surface area contributed by atoms with Crippen molar-refractivity contribution in [2.75, 3.05) is 19.6 Å². The van der Waals surface area contributed by atoms with Crippen LogP contribution in [-0.4, -0.2) is 30.4 Å². The minimum atomic E-state index is 0.0791. The van der Waals surface area contributed by atoms with Crippen molar-refractivity contribution in [3.05, 3.63) is 34.5 Å². The first-order valence-corrected chi connectivity index (χ1v) is 6.78. The topological polar surface area (TPSA) is 32.3 Å². The monoisotopic (exact) mass is 250 g/mol. The van der Waals surface area contributed by atoms with Gasteiger partial charge in [0.1, 0.15) is 0 Å². The minimum absolute atomic E-state index is 0.0791. The first-order valence-electron chi connectivity index (χ1n) is 5.90. The van der Waals surface area contributed by atoms with Crippen molar-refractivity contribution < 1.29 is 4.79 Å². The third-order valence-electron chi connectivity index (χ3n) is 3.19. The summed E-state index contributed by atoms with van der Waals surface area (Å²) < 4.78 is 0. The summed E-state index contributed by atoms with van der Waals surface area (Å²) in [4.78, 5) is 15.4. The summed E-state index contributed by atoms with van der Waals surface area (Å²) in [5, 5.41) is 4.96. The van der Waals surface area contributed by atoms with Crippen LogP contribution in [0.2, 0.25) is 0 Å². The molecular weight excluding hydrogens is 232 g/mol. The van der Waals surface area contributed by atoms with Crippen molar-refractivity contribution in [2.45, 2.75) is 19.4 Å². The van der Waals surface area contributed by atoms with Gasteiger partial charge < -0.3 is 5.32 Å². The van der Waals surface area contributed by atoms with Crippen LogP contribution in [0.15, 0.2) is 24.1 Å². The van der Waals surface area contributed by atoms with Crippen molar-refractivity contribution in [2.24, 2.45) is 0 Å². The van der Waals surface area contributed by atoms with Gasteiger partial charge in [0.05, 0.1) is 6.54 Å². The number of nitrogens with one attached hydrogen (secondary N) is 1. The number of fused-ring (bicyclic) bond motifs is 1. The third kappa shape index (κ3) is 2.76. The number of carbonyl (C=O) groups is 1. The molecule has 0 fully saturated rings. The van der Waals surface area contributed by atoms with E-state index in [9.17, 15) is 4.79 Å². The number of hydrogen-bond donors (Lipinski definition) is 1. The van der Waals surface area contributed by atoms with Crippen LogP contribution in [0.3, 0.4) is 0 Å². The van der Waals surface area contributed by atoms with Gasteiger partial charge in [-0.05, 0) is 30.4 Å². The number of rotatable bonds is 4. The number of thiophene rings is 1. The smallest absolute Gasteiger partial charge is 0.234 e. The Bertz CT molecular complexity index is 413. The summed E-state index contributed by atoms with van der Waals surface area (Å²) in [5.41, 5.74) is 1.39. The molecule has 2 rings (SSSR count). The molecular formula is C13H18N2OS. The molecule has 92 valence electrons. The van der Waals surface area contributed by atoms with Crippen molar-refractivity contribution in [3.63, 3.8) is 0 Å². The lowest BCUT2D eigenvalue weighted by atomic mass is 10.0. The third-order valence-corrected chi connectivity index (χ3v) is 4.19. The molecule has 1 aromatic rings. The Morgan fingerprint density at radius 3 is 3.35 bits per heavy atom. The minimum Gasteiger partial charge on any atom is -0.352 e. The van der Waals surface area contributed by atoms with Crippen molar-refractivity contribution in [3.8, 4) is 0 Å². The maximum atomic E-state index is 11.7. The first kappa shape index (κ1) is 12.3. The predicted octanol–water partition coefficient (Wildman–Crippen LogP) is 1.97. The molecule has 4 heteroatoms. The second-order valence-electron chi connectivity index (χ2n) is 4.29. The molecule has 0 saturated carbocycles. The molecule has 1 N–H and O–H groups in total. The molecule has 0 aliphatic carbocycles. The molecule has 0 saturated heterocycles. The first-order chi connectivity index (χ1) is 8.22. The zero-order valence-corrected chi connectivity index (χ0v) is 10.9. The highest BCUT2D eigenvalue weighted by Gasteiger charge is 2.25. The van der Waals surface area contributed by atoms with E-state index in [0.29, 0.717) is 19.1 Å². The van der Waals surface area contributed by atoms with Crippen LogP contribution >= 0.6 is 11.3 Å². The Morgan fingerprint density at radius 1 is 1.76 bits per heavy atom. The van der Waals surface area contributed by atoms with E-state index in [1.165, 1.54) is 10.4 Å². The summed E-state index contributed by atoms with van der Waals surface area (Å²) in [6.07, 6.45) is 2.76. The predicted molar refractivity (Wildman–Crippen MR) is 71.2 cm³/mol. The molecule has 2 heterocycles. The molecule has 1 aromatic heterocycles. The summed E-state index contributed by atoms with van der Waals surface area (Å²) in [6, 6.07) is 2.53. The molecule has 0 unspecified atom stereocenters. The highest BCUT2D eigenvalue weighted by atomic mass is 32.1. The Balaban J connectivity index is 1.95. The van der Waals surface area contributed by atoms with Crippen LogP contribution in [0, 0.1) is 0 Å². The highest BCUT2D eigenvalue weighted by Crippen LogP contribution is 2.32. The Morgan fingerprint density at radius 2 is 2.59 bits per heavy atom. The van der Waals surface area contributed by atoms with Gasteiger partial charge in [-0.2, -0.15) is 0 Å². The molecule has 0 aromatic carbocycles. The molecule has 1 aliphatic rings. The van der Waals surface area contributed by atoms with Gasteiger partial charge in [0.2, 0.25) is 5.91 Å². The maximum absolute atomic E-state index is 11.7. The Hall–Kier alpha value is -1.13. The van der Waals surface area contributed by atoms with E-state index in [1.54, 1.807) is 6.08 Å². The van der Waals surface area contributed by atoms with Gasteiger partial charge in [-0.3, -0.25) is 9.69 Å². The van der Waals surface area contributed by atoms with Gasteiger partial charge in [0.25, 0.3) is 0 Å². The molecule has 1 amide bonds. The lowest BCUT2D eigenvalue weighted by molar-refractivity contribution is -0.122. The number of amides is 1. The van der Waals surface area contributed by atoms with Crippen LogP contribution in [-0.2, 0) is 11.2 Å². The fraction of sp³-hybridized carbons (Fsp3) is 0.462. The fourth-order valence-electron chi connectivity index (χ4n) is 2.20. The van der Waals surface area contributed by atoms with E-state index < -0.39 is 0 Å². The van der Waals surface area contributed by atoms with Gasteiger partial charge in [-0.15, -0.1) is 17.9 Å². The van der Waals surface area contributed by atoms with Gasteiger partial charge in [-0.25, -0.2) is 0 Å². The second-order valence-corrected chi connectivity index (χ2v) is 5.29. The molecule has 0 bridgehead atoms. The Kier molecular flexibility index (Phi) is 3.97. The van der Waals surface area contributed by atoms with Crippen molar-refractivity contribution in [1.82, 2.24) is 10.2 Å². The standard InChI is InChI=1S/C13H18N2OS/c1-3-6-14-13(16)9-15-7-4-12-11(10(15)2)5-8-17-12/h3,5,8,10H,1,4,6-7,9H2,2H3,(H,14,16)/t10-/m1/s1. The normalized spacial score (nSPS) is 19.7. The van der Waals surface area contributed by atoms with E-state index >= 15 is 0 Å². The number of carbonyl (C=O) groups excluding carboxylic acids is 1. The van der Waals surface area contributed by atoms with Gasteiger partial charge in [-0.1, -0.05) is 6.08 Å². The average molecular weight is 250 g/mol. The van der Waals surface area contributed by atoms with E-state index in [-0.39, 0.29) is 5.91 Å². The van der Waals surface area contributed by atoms with Gasteiger partial charge >= 0.3 is 0 Å². The largest absolute Gasteiger partial charge is 0.352 e. The van der Waals surface area contributed by atoms with E-state index in [2.05, 4.69) is 35.2 Å². The molecule has 3 nitrogen and oxygen atoms in total. The average Bonchev–Trinajstić information content (AvgIpc) is 2.79. The van der Waals surface area contributed by atoms with Crippen LogP contribution in [0.5, 0.6) is 0 Å². The van der Waals surface area contributed by atoms with E-state index in [1.807, 2.05) is 11.3 Å². The fourth-order valence-corrected chi connectivity index (χ4v) is 3.17. The molecule has 1 aliphatic heterocycles.